The predicted octanol–water partition coefficient (Wildman–Crippen LogP) is 0.387. The Morgan fingerprint density at radius 2 is 2.27 bits per heavy atom. The lowest BCUT2D eigenvalue weighted by molar-refractivity contribution is -0.120. The van der Waals surface area contributed by atoms with E-state index < -0.39 is 0 Å². The van der Waals surface area contributed by atoms with Gasteiger partial charge in [0.1, 0.15) is 5.69 Å². The fourth-order valence-electron chi connectivity index (χ4n) is 4.26. The largest absolute Gasteiger partial charge is 0.439 e. The number of hydrogen-bond donors (Lipinski definition) is 3. The van der Waals surface area contributed by atoms with Crippen LogP contribution in [0.5, 0.6) is 0 Å². The number of hydrogen-bond acceptors (Lipinski definition) is 6. The summed E-state index contributed by atoms with van der Waals surface area (Å²) in [7, 11) is 0. The quantitative estimate of drug-likeness (QED) is 0.736. The van der Waals surface area contributed by atoms with Gasteiger partial charge in [0.25, 0.3) is 5.91 Å². The molecule has 3 aliphatic heterocycles. The number of nitrogens with one attached hydrogen (secondary N) is 3. The number of carbonyl (C=O) groups is 2. The molecule has 0 aliphatic carbocycles. The number of nitrogens with zero attached hydrogens (tertiary/aromatic N) is 2. The number of amides is 2. The van der Waals surface area contributed by atoms with Gasteiger partial charge in [-0.05, 0) is 25.3 Å². The average Bonchev–Trinajstić information content (AvgIpc) is 3.36. The second-order valence-electron chi connectivity index (χ2n) is 7.33. The van der Waals surface area contributed by atoms with Crippen LogP contribution in [0.3, 0.4) is 0 Å². The van der Waals surface area contributed by atoms with Gasteiger partial charge in [-0.1, -0.05) is 0 Å². The normalized spacial score (nSPS) is 27.8. The summed E-state index contributed by atoms with van der Waals surface area (Å²) in [5.74, 6) is 0.465. The van der Waals surface area contributed by atoms with Crippen molar-refractivity contribution in [3.63, 3.8) is 0 Å². The molecule has 0 saturated carbocycles. The van der Waals surface area contributed by atoms with Crippen molar-refractivity contribution in [1.82, 2.24) is 20.9 Å². The molecule has 136 valence electrons. The van der Waals surface area contributed by atoms with Crippen LogP contribution in [0.4, 0.5) is 5.88 Å². The van der Waals surface area contributed by atoms with Crippen molar-refractivity contribution in [2.24, 2.45) is 0 Å². The summed E-state index contributed by atoms with van der Waals surface area (Å²) < 4.78 is 5.81. The van der Waals surface area contributed by atoms with Crippen LogP contribution in [0.1, 0.15) is 29.8 Å². The van der Waals surface area contributed by atoms with E-state index in [1.807, 2.05) is 11.0 Å². The van der Waals surface area contributed by atoms with Crippen LogP contribution in [0, 0.1) is 0 Å². The first-order valence-electron chi connectivity index (χ1n) is 9.14. The van der Waals surface area contributed by atoms with E-state index in [0.717, 1.165) is 18.2 Å². The molecule has 5 rings (SSSR count). The Balaban J connectivity index is 1.34. The number of anilines is 1. The molecule has 3 N–H and O–H groups in total. The average molecular weight is 355 g/mol. The maximum atomic E-state index is 12.6. The van der Waals surface area contributed by atoms with E-state index in [4.69, 9.17) is 4.42 Å². The lowest BCUT2D eigenvalue weighted by Crippen LogP contribution is -2.47. The zero-order valence-corrected chi connectivity index (χ0v) is 14.3. The number of pyridine rings is 1. The standard InChI is InChI=1S/C18H21N5O3/c24-16-9-23(4-3-19-16)17-6-10-5-14(20-8-15(10)26-17)18(25)22-13-7-11-1-2-12(13)21-11/h5-6,8,11-13,21H,1-4,7,9H2,(H,19,24)(H,22,25)/t11-,12+,13-/m1/s1. The number of rotatable bonds is 3. The van der Waals surface area contributed by atoms with Crippen molar-refractivity contribution in [1.29, 1.82) is 0 Å². The number of fused-ring (bicyclic) bond motifs is 3. The molecular weight excluding hydrogens is 334 g/mol. The molecular formula is C18H21N5O3. The molecule has 5 heterocycles. The number of piperazine rings is 1. The number of aromatic nitrogens is 1. The van der Waals surface area contributed by atoms with Gasteiger partial charge in [-0.3, -0.25) is 9.59 Å². The van der Waals surface area contributed by atoms with Crippen LogP contribution in [-0.4, -0.2) is 54.6 Å². The van der Waals surface area contributed by atoms with Crippen LogP contribution < -0.4 is 20.9 Å². The summed E-state index contributed by atoms with van der Waals surface area (Å²) in [5.41, 5.74) is 1.01. The Hall–Kier alpha value is -2.61. The van der Waals surface area contributed by atoms with Crippen molar-refractivity contribution in [2.45, 2.75) is 37.4 Å². The van der Waals surface area contributed by atoms with Gasteiger partial charge in [0.15, 0.2) is 11.5 Å². The summed E-state index contributed by atoms with van der Waals surface area (Å²) in [5, 5.41) is 10.2. The van der Waals surface area contributed by atoms with Gasteiger partial charge in [0.2, 0.25) is 5.91 Å². The Morgan fingerprint density at radius 3 is 3.04 bits per heavy atom. The molecule has 8 heteroatoms. The van der Waals surface area contributed by atoms with Gasteiger partial charge in [0, 0.05) is 42.7 Å². The molecule has 3 aliphatic rings. The van der Waals surface area contributed by atoms with E-state index in [0.29, 0.717) is 42.3 Å². The fraction of sp³-hybridized carbons (Fsp3) is 0.500. The Morgan fingerprint density at radius 1 is 1.35 bits per heavy atom. The SMILES string of the molecule is O=C1CN(c2cc3cc(C(=O)N[C@@H]4C[C@H]5CC[C@@H]4N5)ncc3o2)CCN1. The van der Waals surface area contributed by atoms with E-state index in [2.05, 4.69) is 20.9 Å². The Bertz CT molecular complexity index is 879. The predicted molar refractivity (Wildman–Crippen MR) is 95.0 cm³/mol. The van der Waals surface area contributed by atoms with Gasteiger partial charge < -0.3 is 25.3 Å². The summed E-state index contributed by atoms with van der Waals surface area (Å²) in [6.45, 7) is 1.57. The smallest absolute Gasteiger partial charge is 0.270 e. The summed E-state index contributed by atoms with van der Waals surface area (Å²) in [6.07, 6.45) is 4.90. The fourth-order valence-corrected chi connectivity index (χ4v) is 4.26. The minimum atomic E-state index is -0.147. The number of carbonyl (C=O) groups excluding carboxylic acids is 2. The maximum Gasteiger partial charge on any atom is 0.270 e. The summed E-state index contributed by atoms with van der Waals surface area (Å²) in [6, 6.07) is 4.73. The zero-order chi connectivity index (χ0) is 17.7. The summed E-state index contributed by atoms with van der Waals surface area (Å²) >= 11 is 0. The van der Waals surface area contributed by atoms with Gasteiger partial charge in [-0.2, -0.15) is 0 Å². The van der Waals surface area contributed by atoms with E-state index in [-0.39, 0.29) is 24.4 Å². The second-order valence-corrected chi connectivity index (χ2v) is 7.33. The molecule has 0 unspecified atom stereocenters. The molecule has 26 heavy (non-hydrogen) atoms. The highest BCUT2D eigenvalue weighted by Gasteiger charge is 2.39. The third kappa shape index (κ3) is 2.70. The first kappa shape index (κ1) is 15.6. The minimum Gasteiger partial charge on any atom is -0.439 e. The first-order chi connectivity index (χ1) is 12.7. The van der Waals surface area contributed by atoms with E-state index in [1.165, 1.54) is 6.42 Å². The highest BCUT2D eigenvalue weighted by Crippen LogP contribution is 2.29. The molecule has 0 aromatic carbocycles. The minimum absolute atomic E-state index is 0.0191. The van der Waals surface area contributed by atoms with Gasteiger partial charge >= 0.3 is 0 Å². The molecule has 3 atom stereocenters. The highest BCUT2D eigenvalue weighted by molar-refractivity contribution is 5.96. The van der Waals surface area contributed by atoms with Crippen molar-refractivity contribution in [3.8, 4) is 0 Å². The molecule has 0 spiro atoms. The molecule has 0 radical (unpaired) electrons. The van der Waals surface area contributed by atoms with Gasteiger partial charge in [-0.15, -0.1) is 0 Å². The maximum absolute atomic E-state index is 12.6. The van der Waals surface area contributed by atoms with Crippen LogP contribution in [0.2, 0.25) is 0 Å². The molecule has 2 aromatic heterocycles. The van der Waals surface area contributed by atoms with Crippen LogP contribution in [0.25, 0.3) is 11.0 Å². The molecule has 8 nitrogen and oxygen atoms in total. The first-order valence-corrected chi connectivity index (χ1v) is 9.14. The van der Waals surface area contributed by atoms with Crippen LogP contribution in [-0.2, 0) is 4.79 Å². The monoisotopic (exact) mass is 355 g/mol. The molecule has 3 saturated heterocycles. The molecule has 2 aromatic rings. The topological polar surface area (TPSA) is 99.5 Å². The van der Waals surface area contributed by atoms with Crippen molar-refractivity contribution in [2.75, 3.05) is 24.5 Å². The van der Waals surface area contributed by atoms with Crippen LogP contribution >= 0.6 is 0 Å². The van der Waals surface area contributed by atoms with Gasteiger partial charge in [-0.25, -0.2) is 4.98 Å². The third-order valence-corrected chi connectivity index (χ3v) is 5.59. The number of furan rings is 1. The van der Waals surface area contributed by atoms with Crippen LogP contribution in [0.15, 0.2) is 22.7 Å². The van der Waals surface area contributed by atoms with E-state index in [1.54, 1.807) is 12.3 Å². The molecule has 2 bridgehead atoms. The van der Waals surface area contributed by atoms with E-state index >= 15 is 0 Å². The second kappa shape index (κ2) is 5.98. The Kier molecular flexibility index (Phi) is 3.59. The molecule has 3 fully saturated rings. The summed E-state index contributed by atoms with van der Waals surface area (Å²) in [4.78, 5) is 30.3. The third-order valence-electron chi connectivity index (χ3n) is 5.59. The highest BCUT2D eigenvalue weighted by atomic mass is 16.4. The van der Waals surface area contributed by atoms with Crippen molar-refractivity contribution >= 4 is 28.7 Å². The van der Waals surface area contributed by atoms with Gasteiger partial charge in [0.05, 0.1) is 12.7 Å². The molecule has 2 amide bonds. The van der Waals surface area contributed by atoms with Crippen molar-refractivity contribution < 1.29 is 14.0 Å². The lowest BCUT2D eigenvalue weighted by atomic mass is 9.95. The van der Waals surface area contributed by atoms with Crippen molar-refractivity contribution in [3.05, 3.63) is 24.0 Å². The lowest BCUT2D eigenvalue weighted by Gasteiger charge is -2.25. The Labute approximate surface area is 150 Å². The zero-order valence-electron chi connectivity index (χ0n) is 14.3. The van der Waals surface area contributed by atoms with E-state index in [9.17, 15) is 9.59 Å².